The monoisotopic (exact) mass is 304 g/mol. The van der Waals surface area contributed by atoms with Crippen molar-refractivity contribution in [2.45, 2.75) is 24.9 Å². The van der Waals surface area contributed by atoms with Crippen LogP contribution in [0, 0.1) is 0 Å². The molecule has 0 saturated carbocycles. The molecule has 0 radical (unpaired) electrons. The van der Waals surface area contributed by atoms with E-state index in [1.807, 2.05) is 0 Å². The summed E-state index contributed by atoms with van der Waals surface area (Å²) in [6.45, 7) is -0.249. The largest absolute Gasteiger partial charge is 0.394 e. The van der Waals surface area contributed by atoms with Gasteiger partial charge in [-0.15, -0.1) is 0 Å². The van der Waals surface area contributed by atoms with E-state index in [1.54, 1.807) is 4.57 Å². The maximum absolute atomic E-state index is 9.74. The van der Waals surface area contributed by atoms with Crippen LogP contribution >= 0.6 is 23.2 Å². The van der Waals surface area contributed by atoms with Crippen LogP contribution in [-0.2, 0) is 4.74 Å². The molecule has 1 fully saturated rings. The van der Waals surface area contributed by atoms with Crippen molar-refractivity contribution in [1.29, 1.82) is 0 Å². The van der Waals surface area contributed by atoms with Crippen molar-refractivity contribution in [1.82, 2.24) is 19.5 Å². The first-order valence-corrected chi connectivity index (χ1v) is 6.35. The molecule has 3 rings (SSSR count). The maximum atomic E-state index is 9.74. The highest BCUT2D eigenvalue weighted by Crippen LogP contribution is 2.31. The molecule has 2 aromatic rings. The summed E-state index contributed by atoms with van der Waals surface area (Å²) in [6, 6.07) is 0. The fraction of sp³-hybridized carbons (Fsp3) is 0.500. The molecular formula is C10H10Cl2N4O3. The minimum Gasteiger partial charge on any atom is -0.394 e. The van der Waals surface area contributed by atoms with Crippen LogP contribution in [0.1, 0.15) is 12.6 Å². The number of aliphatic hydroxyl groups excluding tert-OH is 2. The lowest BCUT2D eigenvalue weighted by molar-refractivity contribution is -0.0432. The molecule has 3 atom stereocenters. The number of fused-ring (bicyclic) bond motifs is 1. The summed E-state index contributed by atoms with van der Waals surface area (Å²) in [5.41, 5.74) is 0.845. The predicted octanol–water partition coefficient (Wildman–Crippen LogP) is 0.774. The molecule has 3 heterocycles. The van der Waals surface area contributed by atoms with E-state index in [4.69, 9.17) is 33.0 Å². The Morgan fingerprint density at radius 3 is 2.89 bits per heavy atom. The molecule has 0 unspecified atom stereocenters. The van der Waals surface area contributed by atoms with Gasteiger partial charge in [0.15, 0.2) is 10.8 Å². The number of halogens is 2. The molecule has 102 valence electrons. The molecule has 0 aromatic carbocycles. The van der Waals surface area contributed by atoms with Gasteiger partial charge in [0, 0.05) is 6.42 Å². The van der Waals surface area contributed by atoms with Gasteiger partial charge in [-0.05, 0) is 11.6 Å². The van der Waals surface area contributed by atoms with E-state index >= 15 is 0 Å². The van der Waals surface area contributed by atoms with E-state index in [-0.39, 0.29) is 17.0 Å². The van der Waals surface area contributed by atoms with Gasteiger partial charge in [-0.2, -0.15) is 4.98 Å². The molecule has 7 nitrogen and oxygen atoms in total. The van der Waals surface area contributed by atoms with E-state index in [1.165, 1.54) is 6.33 Å². The second kappa shape index (κ2) is 4.84. The number of rotatable bonds is 2. The van der Waals surface area contributed by atoms with Crippen LogP contribution < -0.4 is 0 Å². The first-order valence-electron chi connectivity index (χ1n) is 5.60. The molecule has 9 heteroatoms. The summed E-state index contributed by atoms with van der Waals surface area (Å²) in [6.07, 6.45) is 0.00360. The topological polar surface area (TPSA) is 93.3 Å². The zero-order valence-electron chi connectivity index (χ0n) is 9.57. The van der Waals surface area contributed by atoms with Gasteiger partial charge in [-0.25, -0.2) is 9.97 Å². The van der Waals surface area contributed by atoms with E-state index in [9.17, 15) is 5.11 Å². The molecule has 2 N–H and O–H groups in total. The average molecular weight is 305 g/mol. The summed E-state index contributed by atoms with van der Waals surface area (Å²) in [4.78, 5) is 12.0. The van der Waals surface area contributed by atoms with Crippen molar-refractivity contribution in [3.05, 3.63) is 16.8 Å². The fourth-order valence-electron chi connectivity index (χ4n) is 2.12. The summed E-state index contributed by atoms with van der Waals surface area (Å²) < 4.78 is 7.15. The zero-order chi connectivity index (χ0) is 13.6. The minimum atomic E-state index is -0.736. The van der Waals surface area contributed by atoms with Gasteiger partial charge >= 0.3 is 0 Å². The Hall–Kier alpha value is -0.990. The lowest BCUT2D eigenvalue weighted by Gasteiger charge is -2.13. The SMILES string of the molecule is OC[C@@H]1O[C@H](n2cnc3c(Cl)nc(Cl)nc32)C[C@H]1O. The third kappa shape index (κ3) is 2.17. The molecule has 1 saturated heterocycles. The first-order chi connectivity index (χ1) is 9.10. The van der Waals surface area contributed by atoms with E-state index in [2.05, 4.69) is 15.0 Å². The molecule has 0 spiro atoms. The van der Waals surface area contributed by atoms with Crippen LogP contribution in [0.4, 0.5) is 0 Å². The molecule has 2 aromatic heterocycles. The molecule has 19 heavy (non-hydrogen) atoms. The van der Waals surface area contributed by atoms with Crippen molar-refractivity contribution in [3.63, 3.8) is 0 Å². The van der Waals surface area contributed by atoms with Gasteiger partial charge in [-0.1, -0.05) is 11.6 Å². The summed E-state index contributed by atoms with van der Waals surface area (Å²) in [5, 5.41) is 19.0. The number of aliphatic hydroxyl groups is 2. The molecule has 0 bridgehead atoms. The highest BCUT2D eigenvalue weighted by Gasteiger charge is 2.35. The van der Waals surface area contributed by atoms with E-state index in [0.717, 1.165) is 0 Å². The summed E-state index contributed by atoms with van der Waals surface area (Å²) in [7, 11) is 0. The van der Waals surface area contributed by atoms with Crippen molar-refractivity contribution >= 4 is 34.4 Å². The van der Waals surface area contributed by atoms with Crippen LogP contribution in [0.25, 0.3) is 11.2 Å². The zero-order valence-corrected chi connectivity index (χ0v) is 11.1. The minimum absolute atomic E-state index is 0.0107. The van der Waals surface area contributed by atoms with Gasteiger partial charge in [0.2, 0.25) is 5.28 Å². The fourth-order valence-corrected chi connectivity index (χ4v) is 2.54. The Morgan fingerprint density at radius 1 is 1.42 bits per heavy atom. The average Bonchev–Trinajstić information content (AvgIpc) is 2.92. The highest BCUT2D eigenvalue weighted by molar-refractivity contribution is 6.35. The van der Waals surface area contributed by atoms with Gasteiger partial charge in [0.25, 0.3) is 0 Å². The van der Waals surface area contributed by atoms with Crippen LogP contribution in [0.15, 0.2) is 6.33 Å². The van der Waals surface area contributed by atoms with Crippen LogP contribution in [-0.4, -0.2) is 48.5 Å². The molecule has 1 aliphatic heterocycles. The summed E-state index contributed by atoms with van der Waals surface area (Å²) in [5.74, 6) is 0. The Morgan fingerprint density at radius 2 is 2.21 bits per heavy atom. The van der Waals surface area contributed by atoms with Crippen molar-refractivity contribution in [3.8, 4) is 0 Å². The first kappa shape index (κ1) is 13.0. The lowest BCUT2D eigenvalue weighted by Crippen LogP contribution is -2.24. The normalized spacial score (nSPS) is 27.3. The molecule has 0 amide bonds. The van der Waals surface area contributed by atoms with E-state index < -0.39 is 18.4 Å². The van der Waals surface area contributed by atoms with Crippen LogP contribution in [0.5, 0.6) is 0 Å². The second-order valence-electron chi connectivity index (χ2n) is 4.22. The maximum Gasteiger partial charge on any atom is 0.225 e. The Kier molecular flexibility index (Phi) is 3.32. The highest BCUT2D eigenvalue weighted by atomic mass is 35.5. The van der Waals surface area contributed by atoms with Crippen LogP contribution in [0.3, 0.4) is 0 Å². The second-order valence-corrected chi connectivity index (χ2v) is 4.92. The number of aromatic nitrogens is 4. The number of hydrogen-bond acceptors (Lipinski definition) is 6. The van der Waals surface area contributed by atoms with Crippen molar-refractivity contribution in [2.24, 2.45) is 0 Å². The standard InChI is InChI=1S/C10H10Cl2N4O3/c11-8-7-9(15-10(12)14-8)16(3-13-7)6-1-4(18)5(2-17)19-6/h3-6,17-18H,1-2H2/t4-,5+,6+/m1/s1. The Bertz CT molecular complexity index is 620. The Labute approximate surface area is 117 Å². The van der Waals surface area contributed by atoms with Gasteiger partial charge in [0.1, 0.15) is 17.8 Å². The van der Waals surface area contributed by atoms with Crippen molar-refractivity contribution in [2.75, 3.05) is 6.61 Å². The quantitative estimate of drug-likeness (QED) is 0.629. The molecule has 1 aliphatic rings. The smallest absolute Gasteiger partial charge is 0.225 e. The van der Waals surface area contributed by atoms with E-state index in [0.29, 0.717) is 17.6 Å². The third-order valence-electron chi connectivity index (χ3n) is 3.05. The predicted molar refractivity (Wildman–Crippen MR) is 67.0 cm³/mol. The summed E-state index contributed by atoms with van der Waals surface area (Å²) >= 11 is 11.7. The number of ether oxygens (including phenoxy) is 1. The van der Waals surface area contributed by atoms with Gasteiger partial charge in [0.05, 0.1) is 19.0 Å². The molecular weight excluding hydrogens is 295 g/mol. The van der Waals surface area contributed by atoms with Gasteiger partial charge in [-0.3, -0.25) is 4.57 Å². The van der Waals surface area contributed by atoms with Crippen LogP contribution in [0.2, 0.25) is 10.4 Å². The Balaban J connectivity index is 2.02. The number of nitrogens with zero attached hydrogens (tertiary/aromatic N) is 4. The third-order valence-corrected chi connectivity index (χ3v) is 3.48. The number of hydrogen-bond donors (Lipinski definition) is 2. The number of imidazole rings is 1. The lowest BCUT2D eigenvalue weighted by atomic mass is 10.2. The molecule has 0 aliphatic carbocycles. The van der Waals surface area contributed by atoms with Crippen molar-refractivity contribution < 1.29 is 14.9 Å². The van der Waals surface area contributed by atoms with Gasteiger partial charge < -0.3 is 14.9 Å².